The molecule has 0 unspecified atom stereocenters. The number of rotatable bonds is 1. The zero-order chi connectivity index (χ0) is 9.14. The van der Waals surface area contributed by atoms with Crippen LogP contribution in [-0.2, 0) is 0 Å². The first-order chi connectivity index (χ1) is 5.65. The highest BCUT2D eigenvalue weighted by atomic mass is 35.5. The summed E-state index contributed by atoms with van der Waals surface area (Å²) >= 11 is 5.63. The summed E-state index contributed by atoms with van der Waals surface area (Å²) in [6, 6.07) is 4.79. The van der Waals surface area contributed by atoms with Gasteiger partial charge in [0.05, 0.1) is 5.71 Å². The molecule has 3 N–H and O–H groups in total. The number of nitrogens with zero attached hydrogens (tertiary/aromatic N) is 1. The summed E-state index contributed by atoms with van der Waals surface area (Å²) in [6.07, 6.45) is 0. The summed E-state index contributed by atoms with van der Waals surface area (Å²) in [6.45, 7) is 1.71. The molecule has 0 heterocycles. The van der Waals surface area contributed by atoms with Crippen molar-refractivity contribution >= 4 is 17.3 Å². The van der Waals surface area contributed by atoms with Gasteiger partial charge in [0.1, 0.15) is 5.75 Å². The zero-order valence-corrected chi connectivity index (χ0v) is 7.34. The summed E-state index contributed by atoms with van der Waals surface area (Å²) in [5, 5.41) is 13.3. The van der Waals surface area contributed by atoms with Gasteiger partial charge in [0.25, 0.3) is 0 Å². The molecule has 12 heavy (non-hydrogen) atoms. The maximum atomic E-state index is 9.37. The van der Waals surface area contributed by atoms with Gasteiger partial charge in [0.2, 0.25) is 0 Å². The number of phenols is 1. The highest BCUT2D eigenvalue weighted by Crippen LogP contribution is 2.22. The molecule has 0 aliphatic carbocycles. The molecule has 3 nitrogen and oxygen atoms in total. The van der Waals surface area contributed by atoms with E-state index in [9.17, 15) is 5.11 Å². The Balaban J connectivity index is 3.18. The Labute approximate surface area is 75.5 Å². The molecule has 0 aliphatic rings. The third-order valence-corrected chi connectivity index (χ3v) is 1.78. The maximum Gasteiger partial charge on any atom is 0.126 e. The molecule has 0 aliphatic heterocycles. The van der Waals surface area contributed by atoms with Crippen molar-refractivity contribution in [1.29, 1.82) is 0 Å². The van der Waals surface area contributed by atoms with Gasteiger partial charge in [-0.3, -0.25) is 0 Å². The normalized spacial score (nSPS) is 11.7. The van der Waals surface area contributed by atoms with Gasteiger partial charge in [-0.25, -0.2) is 0 Å². The van der Waals surface area contributed by atoms with Crippen molar-refractivity contribution in [3.63, 3.8) is 0 Å². The second-order valence-electron chi connectivity index (χ2n) is 2.38. The summed E-state index contributed by atoms with van der Waals surface area (Å²) < 4.78 is 0. The number of phenolic OH excluding ortho intramolecular Hbond substituents is 1. The Morgan fingerprint density at radius 2 is 2.25 bits per heavy atom. The van der Waals surface area contributed by atoms with Gasteiger partial charge in [-0.15, -0.1) is 0 Å². The molecule has 0 amide bonds. The number of hydrogen-bond donors (Lipinski definition) is 2. The van der Waals surface area contributed by atoms with E-state index in [4.69, 9.17) is 17.4 Å². The lowest BCUT2D eigenvalue weighted by Gasteiger charge is -2.02. The van der Waals surface area contributed by atoms with Crippen molar-refractivity contribution in [2.45, 2.75) is 6.92 Å². The average molecular weight is 185 g/mol. The molecule has 0 fully saturated rings. The third kappa shape index (κ3) is 1.68. The molecular weight excluding hydrogens is 176 g/mol. The molecule has 0 saturated heterocycles. The van der Waals surface area contributed by atoms with Crippen molar-refractivity contribution < 1.29 is 5.11 Å². The van der Waals surface area contributed by atoms with Crippen LogP contribution in [0.25, 0.3) is 0 Å². The molecule has 0 spiro atoms. The molecule has 1 rings (SSSR count). The fourth-order valence-electron chi connectivity index (χ4n) is 0.880. The first-order valence-electron chi connectivity index (χ1n) is 3.38. The summed E-state index contributed by atoms with van der Waals surface area (Å²) in [5.41, 5.74) is 1.17. The second-order valence-corrected chi connectivity index (χ2v) is 2.81. The number of hydrazone groups is 1. The molecule has 64 valence electrons. The van der Waals surface area contributed by atoms with E-state index in [-0.39, 0.29) is 5.75 Å². The van der Waals surface area contributed by atoms with Gasteiger partial charge >= 0.3 is 0 Å². The lowest BCUT2D eigenvalue weighted by molar-refractivity contribution is 0.474. The Bertz CT molecular complexity index is 323. The SMILES string of the molecule is C/C(=N/N)c1ccc(Cl)cc1O. The number of aromatic hydroxyl groups is 1. The average Bonchev–Trinajstić information content (AvgIpc) is 2.03. The minimum absolute atomic E-state index is 0.0919. The molecule has 0 radical (unpaired) electrons. The smallest absolute Gasteiger partial charge is 0.126 e. The van der Waals surface area contributed by atoms with E-state index in [0.717, 1.165) is 0 Å². The zero-order valence-electron chi connectivity index (χ0n) is 6.58. The van der Waals surface area contributed by atoms with E-state index in [1.807, 2.05) is 0 Å². The van der Waals surface area contributed by atoms with Gasteiger partial charge in [0.15, 0.2) is 0 Å². The second kappa shape index (κ2) is 3.45. The third-order valence-electron chi connectivity index (χ3n) is 1.54. The minimum atomic E-state index is 0.0919. The quantitative estimate of drug-likeness (QED) is 0.397. The molecule has 0 saturated carbocycles. The van der Waals surface area contributed by atoms with Crippen LogP contribution in [0.15, 0.2) is 23.3 Å². The van der Waals surface area contributed by atoms with E-state index in [1.54, 1.807) is 19.1 Å². The van der Waals surface area contributed by atoms with E-state index in [2.05, 4.69) is 5.10 Å². The van der Waals surface area contributed by atoms with Gasteiger partial charge < -0.3 is 10.9 Å². The monoisotopic (exact) mass is 184 g/mol. The van der Waals surface area contributed by atoms with Gasteiger partial charge in [-0.1, -0.05) is 11.6 Å². The molecular formula is C8H9ClN2O. The molecule has 0 bridgehead atoms. The Kier molecular flexibility index (Phi) is 2.55. The van der Waals surface area contributed by atoms with Crippen molar-refractivity contribution in [2.24, 2.45) is 10.9 Å². The lowest BCUT2D eigenvalue weighted by atomic mass is 10.1. The first kappa shape index (κ1) is 8.87. The van der Waals surface area contributed by atoms with Crippen LogP contribution in [0.5, 0.6) is 5.75 Å². The highest BCUT2D eigenvalue weighted by Gasteiger charge is 2.03. The van der Waals surface area contributed by atoms with Crippen LogP contribution in [0.3, 0.4) is 0 Å². The predicted octanol–water partition coefficient (Wildman–Crippen LogP) is 1.73. The van der Waals surface area contributed by atoms with Gasteiger partial charge in [-0.2, -0.15) is 5.10 Å². The first-order valence-corrected chi connectivity index (χ1v) is 3.76. The number of benzene rings is 1. The van der Waals surface area contributed by atoms with Crippen LogP contribution in [0, 0.1) is 0 Å². The predicted molar refractivity (Wildman–Crippen MR) is 49.5 cm³/mol. The van der Waals surface area contributed by atoms with Crippen LogP contribution in [0.4, 0.5) is 0 Å². The number of hydrogen-bond acceptors (Lipinski definition) is 3. The van der Waals surface area contributed by atoms with Gasteiger partial charge in [0, 0.05) is 10.6 Å². The van der Waals surface area contributed by atoms with E-state index < -0.39 is 0 Å². The molecule has 0 atom stereocenters. The van der Waals surface area contributed by atoms with E-state index in [1.165, 1.54) is 6.07 Å². The lowest BCUT2D eigenvalue weighted by Crippen LogP contribution is -1.98. The van der Waals surface area contributed by atoms with Crippen LogP contribution in [0.1, 0.15) is 12.5 Å². The topological polar surface area (TPSA) is 58.6 Å². The molecule has 1 aromatic rings. The van der Waals surface area contributed by atoms with E-state index >= 15 is 0 Å². The number of halogens is 1. The minimum Gasteiger partial charge on any atom is -0.507 e. The summed E-state index contributed by atoms with van der Waals surface area (Å²) in [5.74, 6) is 5.15. The maximum absolute atomic E-state index is 9.37. The van der Waals surface area contributed by atoms with Crippen LogP contribution < -0.4 is 5.84 Å². The fourth-order valence-corrected chi connectivity index (χ4v) is 1.05. The van der Waals surface area contributed by atoms with Crippen molar-refractivity contribution in [1.82, 2.24) is 0 Å². The van der Waals surface area contributed by atoms with Crippen LogP contribution >= 0.6 is 11.6 Å². The molecule has 1 aromatic carbocycles. The van der Waals surface area contributed by atoms with Crippen molar-refractivity contribution in [2.75, 3.05) is 0 Å². The Hall–Kier alpha value is -1.22. The van der Waals surface area contributed by atoms with E-state index in [0.29, 0.717) is 16.3 Å². The summed E-state index contributed by atoms with van der Waals surface area (Å²) in [4.78, 5) is 0. The standard InChI is InChI=1S/C8H9ClN2O/c1-5(11-10)7-3-2-6(9)4-8(7)12/h2-4,12H,10H2,1H3/b11-5-. The molecule has 0 aromatic heterocycles. The fraction of sp³-hybridized carbons (Fsp3) is 0.125. The van der Waals surface area contributed by atoms with Crippen LogP contribution in [0.2, 0.25) is 5.02 Å². The van der Waals surface area contributed by atoms with Crippen molar-refractivity contribution in [3.8, 4) is 5.75 Å². The van der Waals surface area contributed by atoms with Crippen molar-refractivity contribution in [3.05, 3.63) is 28.8 Å². The Morgan fingerprint density at radius 3 is 2.75 bits per heavy atom. The molecule has 4 heteroatoms. The highest BCUT2D eigenvalue weighted by molar-refractivity contribution is 6.30. The van der Waals surface area contributed by atoms with Gasteiger partial charge in [-0.05, 0) is 25.1 Å². The Morgan fingerprint density at radius 1 is 1.58 bits per heavy atom. The number of nitrogens with two attached hydrogens (primary N) is 1. The largest absolute Gasteiger partial charge is 0.507 e. The van der Waals surface area contributed by atoms with Crippen LogP contribution in [-0.4, -0.2) is 10.8 Å². The summed E-state index contributed by atoms with van der Waals surface area (Å²) in [7, 11) is 0.